The van der Waals surface area contributed by atoms with Gasteiger partial charge in [0.2, 0.25) is 0 Å². The van der Waals surface area contributed by atoms with Crippen LogP contribution in [0.4, 0.5) is 0 Å². The van der Waals surface area contributed by atoms with E-state index in [1.807, 2.05) is 6.92 Å². The second kappa shape index (κ2) is 2.19. The third-order valence-electron chi connectivity index (χ3n) is 1.09. The molecule has 2 nitrogen and oxygen atoms in total. The lowest BCUT2D eigenvalue weighted by Crippen LogP contribution is -1.90. The van der Waals surface area contributed by atoms with Gasteiger partial charge < -0.3 is 5.21 Å². The molecule has 0 aromatic carbocycles. The van der Waals surface area contributed by atoms with Crippen LogP contribution < -0.4 is 0 Å². The van der Waals surface area contributed by atoms with Crippen molar-refractivity contribution in [3.05, 3.63) is 28.5 Å². The molecule has 1 N–H and O–H groups in total. The number of aromatic nitrogens is 1. The van der Waals surface area contributed by atoms with Crippen molar-refractivity contribution in [1.82, 2.24) is 4.73 Å². The first-order valence-corrected chi connectivity index (χ1v) is 2.99. The summed E-state index contributed by atoms with van der Waals surface area (Å²) < 4.78 is 1.77. The molecule has 0 saturated carbocycles. The number of aryl methyl sites for hydroxylation is 1. The second-order valence-corrected chi connectivity index (χ2v) is 2.31. The van der Waals surface area contributed by atoms with Gasteiger partial charge in [-0.1, -0.05) is 12.2 Å². The van der Waals surface area contributed by atoms with Gasteiger partial charge in [-0.15, -0.1) is 0 Å². The molecule has 1 aromatic rings. The normalized spacial score (nSPS) is 9.44. The van der Waals surface area contributed by atoms with Crippen molar-refractivity contribution in [2.75, 3.05) is 0 Å². The van der Waals surface area contributed by atoms with Crippen LogP contribution in [0.1, 0.15) is 5.56 Å². The molecule has 0 fully saturated rings. The third kappa shape index (κ3) is 1.29. The summed E-state index contributed by atoms with van der Waals surface area (Å²) in [5.41, 5.74) is 0.912. The molecule has 0 unspecified atom stereocenters. The van der Waals surface area contributed by atoms with E-state index >= 15 is 0 Å². The van der Waals surface area contributed by atoms with Crippen molar-refractivity contribution in [3.63, 3.8) is 0 Å². The molecular weight excluding hydrogens is 134 g/mol. The SMILES string of the molecule is Cc1cn(O)ccc1=S. The van der Waals surface area contributed by atoms with E-state index in [-0.39, 0.29) is 0 Å². The number of hydrogen-bond donors (Lipinski definition) is 1. The number of nitrogens with zero attached hydrogens (tertiary/aromatic N) is 1. The van der Waals surface area contributed by atoms with E-state index in [1.54, 1.807) is 12.3 Å². The smallest absolute Gasteiger partial charge is 0.0475 e. The Kier molecular flexibility index (Phi) is 1.53. The van der Waals surface area contributed by atoms with Crippen molar-refractivity contribution in [1.29, 1.82) is 0 Å². The molecule has 3 heteroatoms. The Morgan fingerprint density at radius 2 is 2.33 bits per heavy atom. The summed E-state index contributed by atoms with van der Waals surface area (Å²) in [6, 6.07) is 1.69. The predicted octanol–water partition coefficient (Wildman–Crippen LogP) is 1.76. The fourth-order valence-electron chi connectivity index (χ4n) is 0.581. The molecule has 0 radical (unpaired) electrons. The van der Waals surface area contributed by atoms with Crippen LogP contribution in [0.15, 0.2) is 18.5 Å². The van der Waals surface area contributed by atoms with Gasteiger partial charge in [-0.3, -0.25) is 0 Å². The fraction of sp³-hybridized carbons (Fsp3) is 0.167. The van der Waals surface area contributed by atoms with Crippen LogP contribution in [-0.2, 0) is 0 Å². The summed E-state index contributed by atoms with van der Waals surface area (Å²) in [4.78, 5) is 0. The van der Waals surface area contributed by atoms with Crippen LogP contribution in [0.25, 0.3) is 0 Å². The third-order valence-corrected chi connectivity index (χ3v) is 1.55. The zero-order valence-electron chi connectivity index (χ0n) is 5.03. The highest BCUT2D eigenvalue weighted by Crippen LogP contribution is 1.97. The maximum atomic E-state index is 8.81. The second-order valence-electron chi connectivity index (χ2n) is 1.87. The average Bonchev–Trinajstić information content (AvgIpc) is 1.80. The number of rotatable bonds is 0. The van der Waals surface area contributed by atoms with E-state index < -0.39 is 0 Å². The summed E-state index contributed by atoms with van der Waals surface area (Å²) >= 11 is 4.89. The molecule has 1 aromatic heterocycles. The van der Waals surface area contributed by atoms with Gasteiger partial charge in [-0.05, 0) is 18.6 Å². The standard InChI is InChI=1S/C6H7NOS/c1-5-4-7(8)3-2-6(5)9/h2-4,8H,1H3. The van der Waals surface area contributed by atoms with Crippen LogP contribution in [0.2, 0.25) is 0 Å². The highest BCUT2D eigenvalue weighted by molar-refractivity contribution is 7.71. The highest BCUT2D eigenvalue weighted by Gasteiger charge is 1.85. The molecule has 48 valence electrons. The zero-order chi connectivity index (χ0) is 6.85. The lowest BCUT2D eigenvalue weighted by molar-refractivity contribution is 0.183. The number of pyridine rings is 1. The molecule has 0 saturated heterocycles. The molecule has 0 aliphatic carbocycles. The zero-order valence-corrected chi connectivity index (χ0v) is 5.85. The topological polar surface area (TPSA) is 25.2 Å². The van der Waals surface area contributed by atoms with Crippen molar-refractivity contribution in [2.24, 2.45) is 0 Å². The van der Waals surface area contributed by atoms with E-state index in [1.165, 1.54) is 6.20 Å². The first kappa shape index (κ1) is 6.29. The van der Waals surface area contributed by atoms with Crippen molar-refractivity contribution < 1.29 is 5.21 Å². The van der Waals surface area contributed by atoms with Gasteiger partial charge in [0, 0.05) is 16.9 Å². The molecule has 9 heavy (non-hydrogen) atoms. The summed E-state index contributed by atoms with van der Waals surface area (Å²) in [5.74, 6) is 0. The maximum Gasteiger partial charge on any atom is 0.0475 e. The lowest BCUT2D eigenvalue weighted by Gasteiger charge is -1.95. The van der Waals surface area contributed by atoms with E-state index in [2.05, 4.69) is 0 Å². The summed E-state index contributed by atoms with van der Waals surface area (Å²) in [5, 5.41) is 8.81. The Morgan fingerprint density at radius 1 is 1.67 bits per heavy atom. The Labute approximate surface area is 58.3 Å². The van der Waals surface area contributed by atoms with Crippen LogP contribution in [0.3, 0.4) is 0 Å². The van der Waals surface area contributed by atoms with Gasteiger partial charge in [0.25, 0.3) is 0 Å². The first-order chi connectivity index (χ1) is 4.20. The summed E-state index contributed by atoms with van der Waals surface area (Å²) in [6.45, 7) is 1.86. The Morgan fingerprint density at radius 3 is 2.78 bits per heavy atom. The molecule has 1 rings (SSSR count). The van der Waals surface area contributed by atoms with Crippen molar-refractivity contribution >= 4 is 12.2 Å². The van der Waals surface area contributed by atoms with Gasteiger partial charge >= 0.3 is 0 Å². The van der Waals surface area contributed by atoms with Gasteiger partial charge in [0.05, 0.1) is 0 Å². The molecule has 0 bridgehead atoms. The fourth-order valence-corrected chi connectivity index (χ4v) is 0.694. The van der Waals surface area contributed by atoms with Crippen molar-refractivity contribution in [3.8, 4) is 0 Å². The molecule has 0 aliphatic heterocycles. The molecule has 0 aliphatic rings. The molecule has 1 heterocycles. The molecular formula is C6H7NOS. The van der Waals surface area contributed by atoms with E-state index in [0.717, 1.165) is 14.8 Å². The Bertz CT molecular complexity index is 266. The maximum absolute atomic E-state index is 8.81. The minimum atomic E-state index is 0.778. The van der Waals surface area contributed by atoms with Crippen LogP contribution in [0, 0.1) is 11.4 Å². The molecule has 0 amide bonds. The van der Waals surface area contributed by atoms with E-state index in [4.69, 9.17) is 17.4 Å². The Balaban J connectivity index is 3.34. The van der Waals surface area contributed by atoms with E-state index in [0.29, 0.717) is 0 Å². The van der Waals surface area contributed by atoms with Crippen LogP contribution in [0.5, 0.6) is 0 Å². The monoisotopic (exact) mass is 141 g/mol. The van der Waals surface area contributed by atoms with Gasteiger partial charge in [0.15, 0.2) is 0 Å². The average molecular weight is 141 g/mol. The number of hydrogen-bond acceptors (Lipinski definition) is 2. The molecule has 0 atom stereocenters. The van der Waals surface area contributed by atoms with Crippen LogP contribution >= 0.6 is 12.2 Å². The minimum Gasteiger partial charge on any atom is -0.429 e. The summed E-state index contributed by atoms with van der Waals surface area (Å²) in [6.07, 6.45) is 3.08. The van der Waals surface area contributed by atoms with Crippen LogP contribution in [-0.4, -0.2) is 9.94 Å². The van der Waals surface area contributed by atoms with Gasteiger partial charge in [-0.2, -0.15) is 0 Å². The lowest BCUT2D eigenvalue weighted by atomic mass is 10.3. The predicted molar refractivity (Wildman–Crippen MR) is 37.2 cm³/mol. The largest absolute Gasteiger partial charge is 0.429 e. The minimum absolute atomic E-state index is 0.778. The first-order valence-electron chi connectivity index (χ1n) is 2.58. The Hall–Kier alpha value is -0.830. The quantitative estimate of drug-likeness (QED) is 0.440. The highest BCUT2D eigenvalue weighted by atomic mass is 32.1. The van der Waals surface area contributed by atoms with E-state index in [9.17, 15) is 0 Å². The van der Waals surface area contributed by atoms with Gasteiger partial charge in [0.1, 0.15) is 0 Å². The molecule has 0 spiro atoms. The van der Waals surface area contributed by atoms with Gasteiger partial charge in [-0.25, -0.2) is 4.73 Å². The summed E-state index contributed by atoms with van der Waals surface area (Å²) in [7, 11) is 0. The van der Waals surface area contributed by atoms with Crippen molar-refractivity contribution in [2.45, 2.75) is 6.92 Å².